The molecule has 0 saturated carbocycles. The van der Waals surface area contributed by atoms with E-state index >= 15 is 0 Å². The molecule has 14 nitrogen and oxygen atoms in total. The summed E-state index contributed by atoms with van der Waals surface area (Å²) >= 11 is 6.58. The number of pyridine rings is 2. The zero-order valence-electron chi connectivity index (χ0n) is 45.6. The number of benzene rings is 2. The van der Waals surface area contributed by atoms with Crippen LogP contribution in [-0.4, -0.2) is 89.2 Å². The molecule has 0 spiro atoms. The fourth-order valence-electron chi connectivity index (χ4n) is 9.72. The zero-order valence-corrected chi connectivity index (χ0v) is 50.5. The highest BCUT2D eigenvalue weighted by Crippen LogP contribution is 2.41. The molecule has 6 aromatic heterocycles. The number of thiazole rings is 2. The van der Waals surface area contributed by atoms with Crippen LogP contribution in [0.5, 0.6) is 0 Å². The van der Waals surface area contributed by atoms with Crippen LogP contribution in [0.15, 0.2) is 140 Å². The van der Waals surface area contributed by atoms with Crippen LogP contribution in [0.25, 0.3) is 50.2 Å². The molecule has 8 aromatic rings. The van der Waals surface area contributed by atoms with Gasteiger partial charge in [-0.05, 0) is 176 Å². The highest BCUT2D eigenvalue weighted by Gasteiger charge is 2.52. The average molecular weight is 1190 g/mol. The van der Waals surface area contributed by atoms with E-state index in [0.717, 1.165) is 99.0 Å². The summed E-state index contributed by atoms with van der Waals surface area (Å²) < 4.78 is 69.0. The van der Waals surface area contributed by atoms with Crippen molar-refractivity contribution in [1.82, 2.24) is 27.9 Å². The van der Waals surface area contributed by atoms with E-state index in [1.54, 1.807) is 95.9 Å². The summed E-state index contributed by atoms with van der Waals surface area (Å²) in [5.41, 5.74) is 7.14. The van der Waals surface area contributed by atoms with Gasteiger partial charge >= 0.3 is 7.12 Å². The Hall–Kier alpha value is -5.48. The van der Waals surface area contributed by atoms with Gasteiger partial charge in [0.05, 0.1) is 32.4 Å². The van der Waals surface area contributed by atoms with Crippen LogP contribution >= 0.6 is 38.6 Å². The SMILES string of the molecule is CC1(C)OB(C2=CCCCC2)OC1(C)C.CCN(CC)c1nc(-c2cn(S(=O)(=O)c3ccccc3)c3ncc(Br)cc23)cs1.CCN(CC)c1nc(-c2cn(S(=O)(=O)c3ccccc3)c3ncc(C4=CCCCC4)cc23)cs1. The van der Waals surface area contributed by atoms with Crippen molar-refractivity contribution >= 4 is 104 Å². The van der Waals surface area contributed by atoms with Crippen molar-refractivity contribution in [2.75, 3.05) is 36.0 Å². The summed E-state index contributed by atoms with van der Waals surface area (Å²) in [6.07, 6.45) is 20.7. The predicted molar refractivity (Wildman–Crippen MR) is 324 cm³/mol. The third-order valence-corrected chi connectivity index (χ3v) is 20.5. The highest BCUT2D eigenvalue weighted by molar-refractivity contribution is 9.10. The van der Waals surface area contributed by atoms with E-state index in [2.05, 4.69) is 109 Å². The normalized spacial score (nSPS) is 16.2. The Morgan fingerprint density at radius 3 is 1.54 bits per heavy atom. The third kappa shape index (κ3) is 11.9. The zero-order chi connectivity index (χ0) is 55.4. The molecule has 1 aliphatic heterocycles. The average Bonchev–Trinajstić information content (AvgIpc) is 4.35. The van der Waals surface area contributed by atoms with E-state index in [1.807, 2.05) is 29.1 Å². The van der Waals surface area contributed by atoms with Crippen LogP contribution in [0.1, 0.15) is 112 Å². The van der Waals surface area contributed by atoms with Crippen LogP contribution < -0.4 is 9.80 Å². The second-order valence-corrected chi connectivity index (χ2v) is 26.6. The van der Waals surface area contributed by atoms with E-state index in [0.29, 0.717) is 11.3 Å². The van der Waals surface area contributed by atoms with Gasteiger partial charge in [-0.2, -0.15) is 0 Å². The first kappa shape index (κ1) is 57.2. The number of hydrogen-bond acceptors (Lipinski definition) is 14. The van der Waals surface area contributed by atoms with E-state index in [4.69, 9.17) is 19.3 Å². The lowest BCUT2D eigenvalue weighted by molar-refractivity contribution is 0.00578. The first-order valence-corrected chi connectivity index (χ1v) is 32.3. The van der Waals surface area contributed by atoms with Crippen molar-refractivity contribution in [3.8, 4) is 22.5 Å². The molecule has 1 fully saturated rings. The summed E-state index contributed by atoms with van der Waals surface area (Å²) in [4.78, 5) is 23.5. The van der Waals surface area contributed by atoms with Gasteiger partial charge in [-0.25, -0.2) is 44.7 Å². The van der Waals surface area contributed by atoms with Gasteiger partial charge in [0.25, 0.3) is 20.0 Å². The summed E-state index contributed by atoms with van der Waals surface area (Å²) in [6, 6.07) is 20.8. The van der Waals surface area contributed by atoms with Crippen LogP contribution in [-0.2, 0) is 29.4 Å². The first-order valence-electron chi connectivity index (χ1n) is 26.8. The van der Waals surface area contributed by atoms with Crippen LogP contribution in [0, 0.1) is 0 Å². The van der Waals surface area contributed by atoms with Crippen molar-refractivity contribution in [2.24, 2.45) is 0 Å². The van der Waals surface area contributed by atoms with Gasteiger partial charge in [0.15, 0.2) is 21.6 Å². The molecule has 11 rings (SSSR count). The second kappa shape index (κ2) is 24.1. The molecule has 0 radical (unpaired) electrons. The van der Waals surface area contributed by atoms with Gasteiger partial charge in [-0.1, -0.05) is 48.6 Å². The van der Waals surface area contributed by atoms with Gasteiger partial charge in [0.2, 0.25) is 0 Å². The van der Waals surface area contributed by atoms with Crippen LogP contribution in [0.2, 0.25) is 0 Å². The van der Waals surface area contributed by atoms with Gasteiger partial charge in [-0.3, -0.25) is 0 Å². The van der Waals surface area contributed by atoms with Crippen molar-refractivity contribution in [3.63, 3.8) is 0 Å². The predicted octanol–water partition coefficient (Wildman–Crippen LogP) is 14.3. The lowest BCUT2D eigenvalue weighted by Crippen LogP contribution is -2.41. The van der Waals surface area contributed by atoms with Crippen LogP contribution in [0.3, 0.4) is 0 Å². The quantitative estimate of drug-likeness (QED) is 0.0952. The lowest BCUT2D eigenvalue weighted by atomic mass is 9.73. The minimum absolute atomic E-state index is 0.102. The Morgan fingerprint density at radius 1 is 0.628 bits per heavy atom. The molecule has 0 N–H and O–H groups in total. The fourth-order valence-corrected chi connectivity index (χ4v) is 14.7. The molecular weight excluding hydrogens is 1120 g/mol. The van der Waals surface area contributed by atoms with E-state index in [-0.39, 0.29) is 28.1 Å². The summed E-state index contributed by atoms with van der Waals surface area (Å²) in [6.45, 7) is 20.3. The number of allylic oxidation sites excluding steroid dienone is 4. The molecule has 0 amide bonds. The van der Waals surface area contributed by atoms with Crippen molar-refractivity contribution in [2.45, 2.75) is 128 Å². The Balaban J connectivity index is 0.000000152. The van der Waals surface area contributed by atoms with Crippen molar-refractivity contribution < 1.29 is 26.1 Å². The molecule has 20 heteroatoms. The molecule has 1 saturated heterocycles. The lowest BCUT2D eigenvalue weighted by Gasteiger charge is -2.32. The number of rotatable bonds is 14. The first-order chi connectivity index (χ1) is 37.4. The monoisotopic (exact) mass is 1190 g/mol. The molecule has 0 bridgehead atoms. The van der Waals surface area contributed by atoms with Gasteiger partial charge < -0.3 is 19.1 Å². The Kier molecular flexibility index (Phi) is 17.7. The standard InChI is InChI=1S/C26H28N4O2S2.C20H19BrN4O2S2.C12H21BO2/c1-3-29(4-2)26-28-24(18-33-26)23-17-30(34(31,32)21-13-9-6-10-14-21)25-22(23)15-20(16-27-25)19-11-7-5-8-12-19;1-3-24(4-2)20-23-18(13-28-20)17-12-25(19-16(17)10-14(21)11-22-19)29(26,27)15-8-6-5-7-9-15;1-11(2)12(3,4)15-13(14-11)10-8-6-5-7-9-10/h6,9-11,13-18H,3-5,7-8,12H2,1-2H3;5-13H,3-4H2,1-2H3;8H,5-7,9H2,1-4H3. The molecule has 0 atom stereocenters. The minimum Gasteiger partial charge on any atom is -0.400 e. The number of fused-ring (bicyclic) bond motifs is 2. The molecule has 7 heterocycles. The molecule has 3 aliphatic rings. The van der Waals surface area contributed by atoms with Gasteiger partial charge in [0.1, 0.15) is 0 Å². The van der Waals surface area contributed by atoms with Gasteiger partial charge in [-0.15, -0.1) is 22.7 Å². The number of aromatic nitrogens is 6. The number of halogens is 1. The second-order valence-electron chi connectivity index (χ2n) is 20.4. The summed E-state index contributed by atoms with van der Waals surface area (Å²) in [7, 11) is -7.69. The van der Waals surface area contributed by atoms with E-state index < -0.39 is 20.0 Å². The largest absolute Gasteiger partial charge is 0.490 e. The smallest absolute Gasteiger partial charge is 0.400 e. The fraction of sp³-hybridized carbons (Fsp3) is 0.379. The maximum atomic E-state index is 13.6. The molecule has 2 aliphatic carbocycles. The Labute approximate surface area is 476 Å². The summed E-state index contributed by atoms with van der Waals surface area (Å²) in [5.74, 6) is 0. The maximum absolute atomic E-state index is 13.6. The number of hydrogen-bond donors (Lipinski definition) is 0. The minimum atomic E-state index is -3.80. The van der Waals surface area contributed by atoms with Crippen molar-refractivity contribution in [1.29, 1.82) is 0 Å². The van der Waals surface area contributed by atoms with E-state index in [1.165, 1.54) is 51.1 Å². The topological polar surface area (TPSA) is 155 Å². The Morgan fingerprint density at radius 2 is 1.09 bits per heavy atom. The molecule has 0 unspecified atom stereocenters. The molecular formula is C58H68BBrN8O6S4. The summed E-state index contributed by atoms with van der Waals surface area (Å²) in [5, 5.41) is 7.36. The number of anilines is 2. The molecule has 2 aromatic carbocycles. The van der Waals surface area contributed by atoms with Crippen LogP contribution in [0.4, 0.5) is 10.3 Å². The maximum Gasteiger partial charge on any atom is 0.490 e. The number of nitrogens with zero attached hydrogens (tertiary/aromatic N) is 8. The van der Waals surface area contributed by atoms with Crippen molar-refractivity contribution in [3.05, 3.63) is 136 Å². The Bertz CT molecular complexity index is 3660. The van der Waals surface area contributed by atoms with E-state index in [9.17, 15) is 16.8 Å². The highest BCUT2D eigenvalue weighted by atomic mass is 79.9. The van der Waals surface area contributed by atoms with Gasteiger partial charge in [0, 0.05) is 88.1 Å². The molecule has 78 heavy (non-hydrogen) atoms. The molecule has 410 valence electrons. The third-order valence-electron chi connectivity index (χ3n) is 14.9.